The Labute approximate surface area is 309 Å². The zero-order valence-corrected chi connectivity index (χ0v) is 29.8. The molecule has 2 fully saturated rings. The van der Waals surface area contributed by atoms with Crippen LogP contribution in [0.3, 0.4) is 0 Å². The lowest BCUT2D eigenvalue weighted by Crippen LogP contribution is -2.64. The van der Waals surface area contributed by atoms with Crippen molar-refractivity contribution in [2.24, 2.45) is 4.99 Å². The fraction of sp³-hybridized carbons (Fsp3) is 0.667. The van der Waals surface area contributed by atoms with Crippen LogP contribution in [0.4, 0.5) is 0 Å². The van der Waals surface area contributed by atoms with Gasteiger partial charge in [0.2, 0.25) is 18.0 Å². The summed E-state index contributed by atoms with van der Waals surface area (Å²) in [6, 6.07) is 5.91. The molecule has 0 radical (unpaired) electrons. The van der Waals surface area contributed by atoms with Gasteiger partial charge in [0, 0.05) is 37.6 Å². The van der Waals surface area contributed by atoms with Crippen molar-refractivity contribution < 1.29 is 68.3 Å². The van der Waals surface area contributed by atoms with Crippen LogP contribution < -0.4 is 10.6 Å². The Hall–Kier alpha value is -3.87. The highest BCUT2D eigenvalue weighted by atomic mass is 16.7. The Balaban J connectivity index is 0.890. The van der Waals surface area contributed by atoms with Crippen LogP contribution in [0, 0.1) is 6.92 Å². The largest absolute Gasteiger partial charge is 0.450 e. The lowest BCUT2D eigenvalue weighted by molar-refractivity contribution is -0.338. The number of hydrogen-bond acceptors (Lipinski definition) is 19. The van der Waals surface area contributed by atoms with Crippen molar-refractivity contribution in [1.82, 2.24) is 31.0 Å². The van der Waals surface area contributed by atoms with Crippen molar-refractivity contribution in [2.45, 2.75) is 81.6 Å². The second kappa shape index (κ2) is 20.2. The van der Waals surface area contributed by atoms with Gasteiger partial charge in [-0.15, -0.1) is 20.4 Å². The summed E-state index contributed by atoms with van der Waals surface area (Å²) < 4.78 is 38.8. The molecular formula is C33H47N7O14. The number of aliphatic hydroxyl groups excluding tert-OH is 5. The summed E-state index contributed by atoms with van der Waals surface area (Å²) >= 11 is 0. The monoisotopic (exact) mass is 765 g/mol. The average molecular weight is 766 g/mol. The number of ether oxygens (including phenoxy) is 7. The van der Waals surface area contributed by atoms with Crippen molar-refractivity contribution in [3.63, 3.8) is 0 Å². The SMILES string of the molecule is CC1=N[C@H]2C(O)[C@H](O[C@@H]3OC(CNC(=O)CCOCCOCCOCCNC(=O)c4ccc(-c5nnc(C)nn5)cc4)[C@@H](O)C(O)C3O)C(CO)O[C@H]2O1. The number of hydrogen-bond donors (Lipinski definition) is 7. The molecule has 2 aromatic rings. The molecule has 21 nitrogen and oxygen atoms in total. The first-order valence-corrected chi connectivity index (χ1v) is 17.5. The van der Waals surface area contributed by atoms with Crippen LogP contribution in [0.2, 0.25) is 0 Å². The maximum absolute atomic E-state index is 12.4. The molecule has 2 saturated heterocycles. The normalized spacial score (nSPS) is 29.2. The van der Waals surface area contributed by atoms with Gasteiger partial charge >= 0.3 is 0 Å². The van der Waals surface area contributed by atoms with E-state index in [9.17, 15) is 35.1 Å². The predicted octanol–water partition coefficient (Wildman–Crippen LogP) is -3.38. The molecular weight excluding hydrogens is 718 g/mol. The summed E-state index contributed by atoms with van der Waals surface area (Å²) in [5.41, 5.74) is 1.16. The zero-order chi connectivity index (χ0) is 38.6. The summed E-state index contributed by atoms with van der Waals surface area (Å²) in [5.74, 6) is 0.446. The van der Waals surface area contributed by atoms with E-state index >= 15 is 0 Å². The second-order valence-corrected chi connectivity index (χ2v) is 12.6. The third-order valence-electron chi connectivity index (χ3n) is 8.63. The lowest BCUT2D eigenvalue weighted by Gasteiger charge is -2.45. The van der Waals surface area contributed by atoms with Gasteiger partial charge in [-0.25, -0.2) is 4.99 Å². The molecule has 3 aliphatic heterocycles. The minimum absolute atomic E-state index is 0.0165. The van der Waals surface area contributed by atoms with E-state index in [1.165, 1.54) is 0 Å². The first-order valence-electron chi connectivity index (χ1n) is 17.5. The number of carbonyl (C=O) groups is 2. The Morgan fingerprint density at radius 2 is 1.44 bits per heavy atom. The molecule has 1 aromatic heterocycles. The number of nitrogens with one attached hydrogen (secondary N) is 2. The zero-order valence-electron chi connectivity index (χ0n) is 29.8. The maximum atomic E-state index is 12.4. The van der Waals surface area contributed by atoms with E-state index in [4.69, 9.17) is 33.2 Å². The molecule has 0 aliphatic carbocycles. The quantitative estimate of drug-likeness (QED) is 0.0687. The summed E-state index contributed by atoms with van der Waals surface area (Å²) in [6.45, 7) is 4.25. The molecule has 0 saturated carbocycles. The van der Waals surface area contributed by atoms with E-state index in [-0.39, 0.29) is 51.2 Å². The van der Waals surface area contributed by atoms with Gasteiger partial charge in [0.25, 0.3) is 5.91 Å². The fourth-order valence-electron chi connectivity index (χ4n) is 5.73. The van der Waals surface area contributed by atoms with Gasteiger partial charge in [0.05, 0.1) is 46.2 Å². The minimum Gasteiger partial charge on any atom is -0.450 e. The molecule has 0 spiro atoms. The third kappa shape index (κ3) is 11.1. The summed E-state index contributed by atoms with van der Waals surface area (Å²) in [4.78, 5) is 28.9. The number of amides is 2. The number of aliphatic imine (C=N–C) groups is 1. The number of carbonyl (C=O) groups excluding carboxylic acids is 2. The van der Waals surface area contributed by atoms with E-state index in [0.717, 1.165) is 0 Å². The molecule has 54 heavy (non-hydrogen) atoms. The molecule has 3 aliphatic rings. The van der Waals surface area contributed by atoms with Crippen molar-refractivity contribution in [1.29, 1.82) is 0 Å². The summed E-state index contributed by atoms with van der Waals surface area (Å²) in [5, 5.41) is 73.2. The number of aliphatic hydroxyl groups is 5. The average Bonchev–Trinajstić information content (AvgIpc) is 3.56. The Morgan fingerprint density at radius 1 is 0.778 bits per heavy atom. The lowest BCUT2D eigenvalue weighted by atomic mass is 9.96. The fourth-order valence-corrected chi connectivity index (χ4v) is 5.73. The number of benzene rings is 1. The highest BCUT2D eigenvalue weighted by molar-refractivity contribution is 5.94. The topological polar surface area (TPSA) is 288 Å². The standard InChI is InChI=1S/C33H47N7O14/c1-17-37-39-30(40-38-17)19-3-5-20(6-4-19)31(47)34-8-10-49-12-14-50-13-11-48-9-7-23(42)35-15-21-25(43)27(45)28(46)33(52-21)54-29-22(16-41)53-32-24(26(29)44)36-18(2)51-32/h3-6,21-22,24-29,32-33,41,43-46H,7-16H2,1-2H3,(H,34,47)(H,35,42)/t21?,22?,24-,25+,26?,27?,28?,29+,32+,33-/m0/s1. The van der Waals surface area contributed by atoms with Gasteiger partial charge < -0.3 is 69.3 Å². The van der Waals surface area contributed by atoms with Crippen LogP contribution in [0.5, 0.6) is 0 Å². The van der Waals surface area contributed by atoms with Gasteiger partial charge in [-0.2, -0.15) is 0 Å². The van der Waals surface area contributed by atoms with E-state index < -0.39 is 73.9 Å². The smallest absolute Gasteiger partial charge is 0.251 e. The van der Waals surface area contributed by atoms with Gasteiger partial charge in [-0.05, 0) is 19.1 Å². The number of nitrogens with zero attached hydrogens (tertiary/aromatic N) is 5. The molecule has 2 amide bonds. The van der Waals surface area contributed by atoms with E-state index in [2.05, 4.69) is 36.0 Å². The van der Waals surface area contributed by atoms with Crippen molar-refractivity contribution in [3.05, 3.63) is 35.7 Å². The van der Waals surface area contributed by atoms with Gasteiger partial charge in [0.15, 0.2) is 18.0 Å². The predicted molar refractivity (Wildman–Crippen MR) is 182 cm³/mol. The van der Waals surface area contributed by atoms with Crippen LogP contribution in [-0.2, 0) is 38.0 Å². The first kappa shape index (κ1) is 41.3. The van der Waals surface area contributed by atoms with E-state index in [0.29, 0.717) is 42.5 Å². The van der Waals surface area contributed by atoms with Gasteiger partial charge in [-0.3, -0.25) is 9.59 Å². The molecule has 5 rings (SSSR count). The summed E-state index contributed by atoms with van der Waals surface area (Å²) in [7, 11) is 0. The van der Waals surface area contributed by atoms with E-state index in [1.54, 1.807) is 38.1 Å². The number of aryl methyl sites for hydroxylation is 1. The number of rotatable bonds is 19. The van der Waals surface area contributed by atoms with Crippen molar-refractivity contribution in [2.75, 3.05) is 59.3 Å². The molecule has 7 N–H and O–H groups in total. The Morgan fingerprint density at radius 3 is 2.13 bits per heavy atom. The van der Waals surface area contributed by atoms with Crippen LogP contribution in [-0.4, -0.2) is 184 Å². The molecule has 0 bridgehead atoms. The molecule has 1 aromatic carbocycles. The highest BCUT2D eigenvalue weighted by Crippen LogP contribution is 2.33. The molecule has 10 atom stereocenters. The highest BCUT2D eigenvalue weighted by Gasteiger charge is 2.53. The van der Waals surface area contributed by atoms with Crippen LogP contribution in [0.15, 0.2) is 29.3 Å². The minimum atomic E-state index is -1.72. The maximum Gasteiger partial charge on any atom is 0.251 e. The molecule has 4 heterocycles. The Bertz CT molecular complexity index is 1520. The van der Waals surface area contributed by atoms with Gasteiger partial charge in [0.1, 0.15) is 48.8 Å². The van der Waals surface area contributed by atoms with E-state index in [1.807, 2.05) is 0 Å². The Kier molecular flexibility index (Phi) is 15.4. The molecule has 21 heteroatoms. The third-order valence-corrected chi connectivity index (χ3v) is 8.63. The van der Waals surface area contributed by atoms with Crippen molar-refractivity contribution in [3.8, 4) is 11.4 Å². The van der Waals surface area contributed by atoms with Crippen LogP contribution in [0.25, 0.3) is 11.4 Å². The first-order chi connectivity index (χ1) is 26.0. The second-order valence-electron chi connectivity index (χ2n) is 12.6. The number of fused-ring (bicyclic) bond motifs is 1. The van der Waals surface area contributed by atoms with Gasteiger partial charge in [-0.1, -0.05) is 12.1 Å². The molecule has 298 valence electrons. The van der Waals surface area contributed by atoms with Crippen LogP contribution in [0.1, 0.15) is 29.5 Å². The summed E-state index contributed by atoms with van der Waals surface area (Å²) in [6.07, 6.45) is -12.3. The van der Waals surface area contributed by atoms with Crippen molar-refractivity contribution >= 4 is 17.7 Å². The molecule has 5 unspecified atom stereocenters. The number of aromatic nitrogens is 4. The van der Waals surface area contributed by atoms with Crippen LogP contribution >= 0.6 is 0 Å².